The number of nitrogens with one attached hydrogen (secondary N) is 1. The first-order valence-electron chi connectivity index (χ1n) is 9.85. The van der Waals surface area contributed by atoms with Gasteiger partial charge in [-0.2, -0.15) is 0 Å². The maximum Gasteiger partial charge on any atom is 0.252 e. The Labute approximate surface area is 175 Å². The summed E-state index contributed by atoms with van der Waals surface area (Å²) < 4.78 is 1.96. The van der Waals surface area contributed by atoms with E-state index < -0.39 is 0 Å². The van der Waals surface area contributed by atoms with E-state index in [1.165, 1.54) is 0 Å². The predicted octanol–water partition coefficient (Wildman–Crippen LogP) is 4.35. The number of hydrogen-bond acceptors (Lipinski definition) is 3. The summed E-state index contributed by atoms with van der Waals surface area (Å²) in [7, 11) is 1.92. The molecule has 0 fully saturated rings. The molecule has 1 aromatic heterocycles. The summed E-state index contributed by atoms with van der Waals surface area (Å²) in [4.78, 5) is 30.6. The van der Waals surface area contributed by atoms with Gasteiger partial charge in [-0.05, 0) is 49.2 Å². The van der Waals surface area contributed by atoms with Gasteiger partial charge in [-0.3, -0.25) is 9.59 Å². The number of carbonyl (C=O) groups is 2. The topological polar surface area (TPSA) is 64.0 Å². The molecule has 3 aromatic carbocycles. The van der Waals surface area contributed by atoms with Crippen molar-refractivity contribution in [2.24, 2.45) is 7.05 Å². The van der Waals surface area contributed by atoms with Gasteiger partial charge in [-0.25, -0.2) is 4.98 Å². The van der Waals surface area contributed by atoms with Gasteiger partial charge in [0.2, 0.25) is 0 Å². The molecule has 4 aromatic rings. The third kappa shape index (κ3) is 3.62. The van der Waals surface area contributed by atoms with E-state index in [4.69, 9.17) is 0 Å². The molecule has 0 saturated heterocycles. The summed E-state index contributed by atoms with van der Waals surface area (Å²) in [5.74, 6) is 0.295. The fourth-order valence-electron chi connectivity index (χ4n) is 3.53. The van der Waals surface area contributed by atoms with Crippen LogP contribution in [0.3, 0.4) is 0 Å². The van der Waals surface area contributed by atoms with Crippen LogP contribution in [0.5, 0.6) is 0 Å². The lowest BCUT2D eigenvalue weighted by Crippen LogP contribution is -2.26. The van der Waals surface area contributed by atoms with Crippen LogP contribution in [-0.2, 0) is 13.6 Å². The molecule has 4 rings (SSSR count). The average Bonchev–Trinajstić information content (AvgIpc) is 3.09. The van der Waals surface area contributed by atoms with Gasteiger partial charge < -0.3 is 9.88 Å². The molecule has 0 spiro atoms. The first-order valence-corrected chi connectivity index (χ1v) is 9.85. The lowest BCUT2D eigenvalue weighted by atomic mass is 9.95. The van der Waals surface area contributed by atoms with Crippen LogP contribution in [0.4, 0.5) is 0 Å². The van der Waals surface area contributed by atoms with Crippen LogP contribution in [0.1, 0.15) is 43.2 Å². The molecule has 1 amide bonds. The van der Waals surface area contributed by atoms with E-state index in [1.54, 1.807) is 30.3 Å². The van der Waals surface area contributed by atoms with Crippen molar-refractivity contribution in [2.45, 2.75) is 20.4 Å². The Morgan fingerprint density at radius 1 is 0.900 bits per heavy atom. The van der Waals surface area contributed by atoms with Crippen molar-refractivity contribution >= 4 is 22.7 Å². The van der Waals surface area contributed by atoms with Crippen molar-refractivity contribution in [2.75, 3.05) is 0 Å². The zero-order valence-corrected chi connectivity index (χ0v) is 17.3. The van der Waals surface area contributed by atoms with E-state index in [0.717, 1.165) is 28.0 Å². The lowest BCUT2D eigenvalue weighted by Gasteiger charge is -2.11. The van der Waals surface area contributed by atoms with E-state index in [2.05, 4.69) is 10.3 Å². The number of imidazole rings is 1. The Morgan fingerprint density at radius 2 is 1.60 bits per heavy atom. The summed E-state index contributed by atoms with van der Waals surface area (Å²) >= 11 is 0. The lowest BCUT2D eigenvalue weighted by molar-refractivity contribution is 0.0938. The number of hydrogen-bond donors (Lipinski definition) is 1. The number of aryl methyl sites for hydroxylation is 3. The summed E-state index contributed by atoms with van der Waals surface area (Å²) in [5.41, 5.74) is 5.39. The van der Waals surface area contributed by atoms with E-state index in [9.17, 15) is 9.59 Å². The minimum Gasteiger partial charge on any atom is -0.345 e. The molecule has 0 unspecified atom stereocenters. The smallest absolute Gasteiger partial charge is 0.252 e. The minimum absolute atomic E-state index is 0.161. The van der Waals surface area contributed by atoms with Crippen molar-refractivity contribution in [1.82, 2.24) is 14.9 Å². The molecule has 0 atom stereocenters. The van der Waals surface area contributed by atoms with E-state index in [-0.39, 0.29) is 18.2 Å². The molecule has 30 heavy (non-hydrogen) atoms. The summed E-state index contributed by atoms with van der Waals surface area (Å²) in [6.45, 7) is 4.25. The normalized spacial score (nSPS) is 10.9. The molecule has 0 saturated carbocycles. The van der Waals surface area contributed by atoms with E-state index in [0.29, 0.717) is 16.7 Å². The number of fused-ring (bicyclic) bond motifs is 1. The second-order valence-corrected chi connectivity index (χ2v) is 7.43. The molecular formula is C25H23N3O2. The Hall–Kier alpha value is -3.73. The number of nitrogens with zero attached hydrogens (tertiary/aromatic N) is 2. The van der Waals surface area contributed by atoms with Crippen molar-refractivity contribution in [1.29, 1.82) is 0 Å². The monoisotopic (exact) mass is 397 g/mol. The van der Waals surface area contributed by atoms with Gasteiger partial charge in [-0.1, -0.05) is 42.5 Å². The van der Waals surface area contributed by atoms with Crippen LogP contribution < -0.4 is 5.32 Å². The van der Waals surface area contributed by atoms with Crippen molar-refractivity contribution in [3.63, 3.8) is 0 Å². The molecule has 0 aliphatic rings. The number of carbonyl (C=O) groups excluding carboxylic acids is 2. The van der Waals surface area contributed by atoms with Gasteiger partial charge in [0, 0.05) is 18.2 Å². The van der Waals surface area contributed by atoms with Crippen molar-refractivity contribution < 1.29 is 9.59 Å². The maximum absolute atomic E-state index is 13.1. The molecule has 5 heteroatoms. The third-order valence-corrected chi connectivity index (χ3v) is 5.47. The molecule has 0 aliphatic heterocycles. The van der Waals surface area contributed by atoms with Crippen LogP contribution in [0.15, 0.2) is 66.7 Å². The molecular weight excluding hydrogens is 374 g/mol. The molecule has 1 heterocycles. The van der Waals surface area contributed by atoms with Crippen molar-refractivity contribution in [3.8, 4) is 0 Å². The number of rotatable bonds is 5. The number of para-hydroxylation sites is 2. The number of benzene rings is 3. The van der Waals surface area contributed by atoms with Gasteiger partial charge in [0.15, 0.2) is 5.78 Å². The molecule has 5 nitrogen and oxygen atoms in total. The quantitative estimate of drug-likeness (QED) is 0.509. The Kier molecular flexibility index (Phi) is 5.19. The first kappa shape index (κ1) is 19.6. The van der Waals surface area contributed by atoms with Gasteiger partial charge in [-0.15, -0.1) is 0 Å². The predicted molar refractivity (Wildman–Crippen MR) is 118 cm³/mol. The van der Waals surface area contributed by atoms with Crippen LogP contribution in [0.25, 0.3) is 11.0 Å². The highest BCUT2D eigenvalue weighted by Gasteiger charge is 2.19. The largest absolute Gasteiger partial charge is 0.345 e. The van der Waals surface area contributed by atoms with Crippen LogP contribution in [-0.4, -0.2) is 21.2 Å². The Morgan fingerprint density at radius 3 is 2.33 bits per heavy atom. The second kappa shape index (κ2) is 7.95. The number of ketones is 1. The standard InChI is InChI=1S/C25H23N3O2/c1-16-12-13-18(14-17(16)2)24(29)19-8-4-5-9-20(19)25(30)26-15-23-27-21-10-6-7-11-22(21)28(23)3/h4-14H,15H2,1-3H3,(H,26,30). The fraction of sp³-hybridized carbons (Fsp3) is 0.160. The molecule has 150 valence electrons. The third-order valence-electron chi connectivity index (χ3n) is 5.47. The minimum atomic E-state index is -0.296. The van der Waals surface area contributed by atoms with E-state index in [1.807, 2.05) is 61.9 Å². The summed E-state index contributed by atoms with van der Waals surface area (Å²) in [6, 6.07) is 20.3. The van der Waals surface area contributed by atoms with Crippen LogP contribution >= 0.6 is 0 Å². The molecule has 0 radical (unpaired) electrons. The van der Waals surface area contributed by atoms with Gasteiger partial charge in [0.25, 0.3) is 5.91 Å². The second-order valence-electron chi connectivity index (χ2n) is 7.43. The maximum atomic E-state index is 13.1. The highest BCUT2D eigenvalue weighted by molar-refractivity contribution is 6.15. The summed E-state index contributed by atoms with van der Waals surface area (Å²) in [5, 5.41) is 2.91. The number of aromatic nitrogens is 2. The highest BCUT2D eigenvalue weighted by atomic mass is 16.2. The van der Waals surface area contributed by atoms with Gasteiger partial charge in [0.05, 0.1) is 23.1 Å². The van der Waals surface area contributed by atoms with Crippen LogP contribution in [0.2, 0.25) is 0 Å². The highest BCUT2D eigenvalue weighted by Crippen LogP contribution is 2.18. The molecule has 1 N–H and O–H groups in total. The van der Waals surface area contributed by atoms with Crippen LogP contribution in [0, 0.1) is 13.8 Å². The molecule has 0 aliphatic carbocycles. The Balaban J connectivity index is 1.58. The SMILES string of the molecule is Cc1ccc(C(=O)c2ccccc2C(=O)NCc2nc3ccccc3n2C)cc1C. The van der Waals surface area contributed by atoms with Crippen molar-refractivity contribution in [3.05, 3.63) is 100 Å². The Bertz CT molecular complexity index is 1270. The number of amides is 1. The summed E-state index contributed by atoms with van der Waals surface area (Å²) in [6.07, 6.45) is 0. The average molecular weight is 397 g/mol. The van der Waals surface area contributed by atoms with Gasteiger partial charge >= 0.3 is 0 Å². The van der Waals surface area contributed by atoms with Gasteiger partial charge in [0.1, 0.15) is 5.82 Å². The zero-order valence-electron chi connectivity index (χ0n) is 17.3. The van der Waals surface area contributed by atoms with E-state index >= 15 is 0 Å². The zero-order chi connectivity index (χ0) is 21.3. The molecule has 0 bridgehead atoms. The first-order chi connectivity index (χ1) is 14.5. The fourth-order valence-corrected chi connectivity index (χ4v) is 3.53.